The van der Waals surface area contributed by atoms with Crippen molar-refractivity contribution in [1.82, 2.24) is 15.0 Å². The van der Waals surface area contributed by atoms with Crippen molar-refractivity contribution in [2.45, 2.75) is 25.7 Å². The Morgan fingerprint density at radius 3 is 2.26 bits per heavy atom. The highest BCUT2D eigenvalue weighted by atomic mass is 14.9. The Morgan fingerprint density at radius 2 is 1.36 bits per heavy atom. The van der Waals surface area contributed by atoms with E-state index < -0.39 is 0 Å². The molecule has 3 nitrogen and oxygen atoms in total. The van der Waals surface area contributed by atoms with Crippen LogP contribution in [0.25, 0.3) is 67.1 Å². The van der Waals surface area contributed by atoms with Gasteiger partial charge in [0.2, 0.25) is 0 Å². The largest absolute Gasteiger partial charge is 0.256 e. The Hall–Kier alpha value is -5.93. The van der Waals surface area contributed by atoms with Gasteiger partial charge in [-0.25, -0.2) is 9.97 Å². The molecule has 2 unspecified atom stereocenters. The van der Waals surface area contributed by atoms with Gasteiger partial charge in [0, 0.05) is 40.1 Å². The number of rotatable bonds is 4. The maximum absolute atomic E-state index is 5.40. The molecule has 0 saturated heterocycles. The van der Waals surface area contributed by atoms with Crippen molar-refractivity contribution < 1.29 is 0 Å². The van der Waals surface area contributed by atoms with E-state index >= 15 is 0 Å². The van der Waals surface area contributed by atoms with Gasteiger partial charge in [-0.1, -0.05) is 127 Å². The molecule has 0 N–H and O–H groups in total. The van der Waals surface area contributed by atoms with E-state index in [4.69, 9.17) is 15.0 Å². The van der Waals surface area contributed by atoms with Crippen molar-refractivity contribution in [2.24, 2.45) is 11.8 Å². The van der Waals surface area contributed by atoms with Crippen LogP contribution in [0.5, 0.6) is 0 Å². The second kappa shape index (κ2) is 11.9. The van der Waals surface area contributed by atoms with Crippen LogP contribution in [0.4, 0.5) is 0 Å². The molecule has 50 heavy (non-hydrogen) atoms. The Bertz CT molecular complexity index is 2540. The van der Waals surface area contributed by atoms with E-state index in [9.17, 15) is 0 Å². The van der Waals surface area contributed by atoms with Gasteiger partial charge in [-0.05, 0) is 87.9 Å². The summed E-state index contributed by atoms with van der Waals surface area (Å²) in [7, 11) is 0. The van der Waals surface area contributed by atoms with Gasteiger partial charge in [-0.15, -0.1) is 0 Å². The summed E-state index contributed by atoms with van der Waals surface area (Å²) in [5.74, 6) is 1.30. The fourth-order valence-electron chi connectivity index (χ4n) is 8.44. The highest BCUT2D eigenvalue weighted by Crippen LogP contribution is 2.46. The lowest BCUT2D eigenvalue weighted by Crippen LogP contribution is -2.22. The van der Waals surface area contributed by atoms with Crippen molar-refractivity contribution in [1.29, 1.82) is 0 Å². The van der Waals surface area contributed by atoms with Crippen LogP contribution in [-0.2, 0) is 6.42 Å². The summed E-state index contributed by atoms with van der Waals surface area (Å²) in [5.41, 5.74) is 13.1. The number of fused-ring (bicyclic) bond motifs is 6. The highest BCUT2D eigenvalue weighted by molar-refractivity contribution is 5.98. The number of aromatic nitrogens is 3. The van der Waals surface area contributed by atoms with E-state index in [1.807, 2.05) is 6.20 Å². The normalized spacial score (nSPS) is 19.0. The highest BCUT2D eigenvalue weighted by Gasteiger charge is 2.33. The minimum Gasteiger partial charge on any atom is -0.256 e. The van der Waals surface area contributed by atoms with E-state index in [0.29, 0.717) is 5.92 Å². The predicted molar refractivity (Wildman–Crippen MR) is 207 cm³/mol. The summed E-state index contributed by atoms with van der Waals surface area (Å²) in [6.07, 6.45) is 26.9. The van der Waals surface area contributed by atoms with Gasteiger partial charge >= 0.3 is 0 Å². The fraction of sp³-hybridized carbons (Fsp3) is 0.128. The van der Waals surface area contributed by atoms with Crippen LogP contribution in [0, 0.1) is 11.8 Å². The first-order chi connectivity index (χ1) is 24.8. The van der Waals surface area contributed by atoms with Crippen LogP contribution >= 0.6 is 0 Å². The third-order valence-corrected chi connectivity index (χ3v) is 10.9. The average molecular weight is 642 g/mol. The molecule has 238 valence electrons. The lowest BCUT2D eigenvalue weighted by atomic mass is 9.70. The second-order valence-electron chi connectivity index (χ2n) is 13.7. The molecule has 0 saturated carbocycles. The molecule has 0 spiro atoms. The smallest absolute Gasteiger partial charge is 0.160 e. The van der Waals surface area contributed by atoms with Crippen LogP contribution in [0.3, 0.4) is 0 Å². The average Bonchev–Trinajstić information content (AvgIpc) is 3.20. The molecular formula is C47H35N3. The van der Waals surface area contributed by atoms with Crippen LogP contribution < -0.4 is 0 Å². The minimum atomic E-state index is 0.227. The molecule has 0 amide bonds. The molecule has 0 bridgehead atoms. The summed E-state index contributed by atoms with van der Waals surface area (Å²) < 4.78 is 0. The van der Waals surface area contributed by atoms with Gasteiger partial charge in [-0.2, -0.15) is 0 Å². The molecule has 2 atom stereocenters. The first-order valence-corrected chi connectivity index (χ1v) is 17.8. The van der Waals surface area contributed by atoms with Crippen LogP contribution in [-0.4, -0.2) is 15.0 Å². The lowest BCUT2D eigenvalue weighted by molar-refractivity contribution is 0.634. The van der Waals surface area contributed by atoms with Crippen molar-refractivity contribution in [3.8, 4) is 33.9 Å². The molecule has 0 aliphatic heterocycles. The van der Waals surface area contributed by atoms with E-state index in [1.54, 1.807) is 0 Å². The Kier molecular flexibility index (Phi) is 6.90. The Balaban J connectivity index is 1.17. The zero-order valence-corrected chi connectivity index (χ0v) is 27.8. The number of hydrogen-bond acceptors (Lipinski definition) is 3. The standard InChI is InChI=1S/C47H35N3/c1-6-16-37-30(11-1)25-26-48-46(37)31-21-23-32(24-22-31)47-49-44(42-27-33-12-2-4-14-35(33)38-17-7-9-19-40(38)42)29-45(50-47)43-28-34-13-3-5-15-36(34)39-18-8-10-20-41(39)43/h1-2,4-8,10-12,14-18,20-29,39,41H,3,9,13,19H2. The van der Waals surface area contributed by atoms with Crippen LogP contribution in [0.2, 0.25) is 0 Å². The van der Waals surface area contributed by atoms with Crippen LogP contribution in [0.15, 0.2) is 157 Å². The van der Waals surface area contributed by atoms with Crippen molar-refractivity contribution in [2.75, 3.05) is 0 Å². The molecule has 4 aliphatic rings. The van der Waals surface area contributed by atoms with Gasteiger partial charge in [0.05, 0.1) is 17.1 Å². The molecule has 2 aromatic heterocycles. The minimum absolute atomic E-state index is 0.227. The van der Waals surface area contributed by atoms with E-state index in [-0.39, 0.29) is 5.92 Å². The third kappa shape index (κ3) is 4.84. The Labute approximate surface area is 292 Å². The molecule has 4 aromatic carbocycles. The first kappa shape index (κ1) is 29.0. The molecule has 0 radical (unpaired) electrons. The van der Waals surface area contributed by atoms with Crippen molar-refractivity contribution >= 4 is 33.2 Å². The topological polar surface area (TPSA) is 38.7 Å². The van der Waals surface area contributed by atoms with Gasteiger partial charge in [0.25, 0.3) is 0 Å². The molecule has 0 fully saturated rings. The summed E-state index contributed by atoms with van der Waals surface area (Å²) in [5, 5.41) is 4.88. The van der Waals surface area contributed by atoms with Crippen molar-refractivity contribution in [3.05, 3.63) is 174 Å². The van der Waals surface area contributed by atoms with Crippen molar-refractivity contribution in [3.63, 3.8) is 0 Å². The zero-order chi connectivity index (χ0) is 33.0. The molecular weight excluding hydrogens is 607 g/mol. The monoisotopic (exact) mass is 641 g/mol. The summed E-state index contributed by atoms with van der Waals surface area (Å²) in [6, 6.07) is 32.5. The molecule has 6 aromatic rings. The van der Waals surface area contributed by atoms with Gasteiger partial charge < -0.3 is 0 Å². The molecule has 4 aliphatic carbocycles. The fourth-order valence-corrected chi connectivity index (χ4v) is 8.44. The number of allylic oxidation sites excluding steroid dienone is 11. The van der Waals surface area contributed by atoms with E-state index in [1.165, 1.54) is 49.6 Å². The summed E-state index contributed by atoms with van der Waals surface area (Å²) in [4.78, 5) is 15.6. The number of hydrogen-bond donors (Lipinski definition) is 0. The number of nitrogens with zero attached hydrogens (tertiary/aromatic N) is 3. The van der Waals surface area contributed by atoms with Gasteiger partial charge in [0.1, 0.15) is 0 Å². The SMILES string of the molecule is C1=CC2C(c3cc(-c4cc5ccccc5c5c4CCC=C5)nc(-c4ccc(-c5nccc6ccccc56)cc4)n3)=CC3=C(C=CCC3)C2C=C1. The third-order valence-electron chi connectivity index (χ3n) is 10.9. The quantitative estimate of drug-likeness (QED) is 0.192. The maximum Gasteiger partial charge on any atom is 0.160 e. The van der Waals surface area contributed by atoms with E-state index in [2.05, 4.69) is 146 Å². The van der Waals surface area contributed by atoms with E-state index in [0.717, 1.165) is 65.1 Å². The molecule has 3 heteroatoms. The molecule has 2 heterocycles. The van der Waals surface area contributed by atoms with Crippen LogP contribution in [0.1, 0.15) is 36.1 Å². The zero-order valence-electron chi connectivity index (χ0n) is 27.8. The van der Waals surface area contributed by atoms with Gasteiger partial charge in [0.15, 0.2) is 5.82 Å². The maximum atomic E-state index is 5.40. The summed E-state index contributed by atoms with van der Waals surface area (Å²) >= 11 is 0. The predicted octanol–water partition coefficient (Wildman–Crippen LogP) is 11.5. The second-order valence-corrected chi connectivity index (χ2v) is 13.7. The number of pyridine rings is 1. The number of benzene rings is 4. The Morgan fingerprint density at radius 1 is 0.620 bits per heavy atom. The first-order valence-electron chi connectivity index (χ1n) is 17.8. The lowest BCUT2D eigenvalue weighted by Gasteiger charge is -2.34. The summed E-state index contributed by atoms with van der Waals surface area (Å²) in [6.45, 7) is 0. The molecule has 10 rings (SSSR count). The van der Waals surface area contributed by atoms with Gasteiger partial charge in [-0.3, -0.25) is 4.98 Å².